The fourth-order valence-electron chi connectivity index (χ4n) is 1.57. The Bertz CT molecular complexity index is 139. The number of hydrogen-bond donors (Lipinski definition) is 0. The van der Waals surface area contributed by atoms with E-state index in [1.807, 2.05) is 0 Å². The maximum absolute atomic E-state index is 2.39. The van der Waals surface area contributed by atoms with E-state index < -0.39 is 0 Å². The Morgan fingerprint density at radius 2 is 2.50 bits per heavy atom. The molecule has 44 valence electrons. The molecule has 2 aliphatic heterocycles. The summed E-state index contributed by atoms with van der Waals surface area (Å²) in [4.78, 5) is 2.39. The summed E-state index contributed by atoms with van der Waals surface area (Å²) in [5, 5.41) is 0. The lowest BCUT2D eigenvalue weighted by molar-refractivity contribution is 0.445. The highest BCUT2D eigenvalue weighted by Gasteiger charge is 2.34. The minimum Gasteiger partial charge on any atom is -0.377 e. The van der Waals surface area contributed by atoms with Crippen LogP contribution in [0.3, 0.4) is 0 Å². The van der Waals surface area contributed by atoms with Crippen LogP contribution >= 0.6 is 0 Å². The largest absolute Gasteiger partial charge is 0.377 e. The van der Waals surface area contributed by atoms with Gasteiger partial charge in [-0.05, 0) is 12.6 Å². The Morgan fingerprint density at radius 1 is 1.62 bits per heavy atom. The summed E-state index contributed by atoms with van der Waals surface area (Å²) in [5.74, 6) is 0. The first-order valence-corrected chi connectivity index (χ1v) is 3.22. The monoisotopic (exact) mass is 109 g/mol. The standard InChI is InChI=1S/C7H11N/c1-7-2-4-8(6-7)5-3-7/h2,4H,3,5-6H2,1H3. The molecule has 1 atom stereocenters. The summed E-state index contributed by atoms with van der Waals surface area (Å²) >= 11 is 0. The van der Waals surface area contributed by atoms with Gasteiger partial charge in [-0.1, -0.05) is 13.0 Å². The predicted octanol–water partition coefficient (Wildman–Crippen LogP) is 1.23. The van der Waals surface area contributed by atoms with Gasteiger partial charge in [0.25, 0.3) is 0 Å². The Balaban J connectivity index is 2.33. The average molecular weight is 109 g/mol. The van der Waals surface area contributed by atoms with Crippen molar-refractivity contribution < 1.29 is 0 Å². The van der Waals surface area contributed by atoms with E-state index in [0.717, 1.165) is 0 Å². The Kier molecular flexibility index (Phi) is 0.605. The van der Waals surface area contributed by atoms with Crippen LogP contribution in [0.15, 0.2) is 12.3 Å². The highest BCUT2D eigenvalue weighted by atomic mass is 15.2. The van der Waals surface area contributed by atoms with E-state index in [9.17, 15) is 0 Å². The molecule has 1 nitrogen and oxygen atoms in total. The SMILES string of the molecule is CC12C=CN(CC1)C2. The average Bonchev–Trinajstić information content (AvgIpc) is 2.21. The zero-order valence-corrected chi connectivity index (χ0v) is 5.22. The van der Waals surface area contributed by atoms with Crippen LogP contribution in [0.25, 0.3) is 0 Å². The van der Waals surface area contributed by atoms with Crippen LogP contribution in [-0.4, -0.2) is 18.0 Å². The van der Waals surface area contributed by atoms with Gasteiger partial charge in [-0.15, -0.1) is 0 Å². The van der Waals surface area contributed by atoms with Gasteiger partial charge in [0.2, 0.25) is 0 Å². The molecule has 0 aromatic carbocycles. The van der Waals surface area contributed by atoms with E-state index >= 15 is 0 Å². The lowest BCUT2D eigenvalue weighted by Gasteiger charge is -2.11. The van der Waals surface area contributed by atoms with Gasteiger partial charge in [0.1, 0.15) is 0 Å². The molecule has 1 unspecified atom stereocenters. The normalized spacial score (nSPS) is 41.9. The van der Waals surface area contributed by atoms with E-state index in [1.165, 1.54) is 19.5 Å². The smallest absolute Gasteiger partial charge is 0.0262 e. The molecule has 2 bridgehead atoms. The van der Waals surface area contributed by atoms with Gasteiger partial charge in [0.15, 0.2) is 0 Å². The molecular weight excluding hydrogens is 98.1 g/mol. The van der Waals surface area contributed by atoms with Crippen molar-refractivity contribution in [2.75, 3.05) is 13.1 Å². The first kappa shape index (κ1) is 4.42. The molecule has 0 aromatic heterocycles. The van der Waals surface area contributed by atoms with Crippen molar-refractivity contribution in [1.29, 1.82) is 0 Å². The molecule has 1 heteroatoms. The molecule has 0 amide bonds. The number of nitrogens with zero attached hydrogens (tertiary/aromatic N) is 1. The molecule has 0 aromatic rings. The third-order valence-electron chi connectivity index (χ3n) is 2.22. The summed E-state index contributed by atoms with van der Waals surface area (Å²) in [6.45, 7) is 4.89. The van der Waals surface area contributed by atoms with Crippen molar-refractivity contribution in [1.82, 2.24) is 4.90 Å². The van der Waals surface area contributed by atoms with Crippen LogP contribution in [0, 0.1) is 5.41 Å². The van der Waals surface area contributed by atoms with Crippen LogP contribution in [0.4, 0.5) is 0 Å². The molecule has 1 saturated heterocycles. The summed E-state index contributed by atoms with van der Waals surface area (Å²) in [5.41, 5.74) is 0.556. The van der Waals surface area contributed by atoms with E-state index in [2.05, 4.69) is 24.1 Å². The van der Waals surface area contributed by atoms with Gasteiger partial charge in [-0.3, -0.25) is 0 Å². The van der Waals surface area contributed by atoms with Crippen molar-refractivity contribution in [3.05, 3.63) is 12.3 Å². The Hall–Kier alpha value is -0.460. The van der Waals surface area contributed by atoms with Crippen molar-refractivity contribution >= 4 is 0 Å². The van der Waals surface area contributed by atoms with E-state index in [0.29, 0.717) is 5.41 Å². The van der Waals surface area contributed by atoms with Gasteiger partial charge in [0, 0.05) is 18.5 Å². The fraction of sp³-hybridized carbons (Fsp3) is 0.714. The first-order chi connectivity index (χ1) is 3.79. The number of hydrogen-bond acceptors (Lipinski definition) is 1. The van der Waals surface area contributed by atoms with Crippen LogP contribution < -0.4 is 0 Å². The zero-order chi connectivity index (χ0) is 5.61. The molecule has 1 fully saturated rings. The van der Waals surface area contributed by atoms with Crippen molar-refractivity contribution in [2.45, 2.75) is 13.3 Å². The van der Waals surface area contributed by atoms with Crippen LogP contribution in [0.2, 0.25) is 0 Å². The second kappa shape index (κ2) is 1.09. The molecule has 2 rings (SSSR count). The summed E-state index contributed by atoms with van der Waals surface area (Å²) < 4.78 is 0. The molecule has 0 radical (unpaired) electrons. The number of rotatable bonds is 0. The van der Waals surface area contributed by atoms with Gasteiger partial charge >= 0.3 is 0 Å². The molecule has 0 spiro atoms. The Morgan fingerprint density at radius 3 is 2.62 bits per heavy atom. The maximum atomic E-state index is 2.39. The van der Waals surface area contributed by atoms with Crippen LogP contribution in [0.1, 0.15) is 13.3 Å². The maximum Gasteiger partial charge on any atom is 0.0262 e. The van der Waals surface area contributed by atoms with Gasteiger partial charge in [-0.25, -0.2) is 0 Å². The molecular formula is C7H11N. The predicted molar refractivity (Wildman–Crippen MR) is 33.4 cm³/mol. The molecule has 0 N–H and O–H groups in total. The minimum absolute atomic E-state index is 0.556. The van der Waals surface area contributed by atoms with Gasteiger partial charge in [-0.2, -0.15) is 0 Å². The highest BCUT2D eigenvalue weighted by Crippen LogP contribution is 2.36. The van der Waals surface area contributed by atoms with Crippen molar-refractivity contribution in [3.8, 4) is 0 Å². The second-order valence-electron chi connectivity index (χ2n) is 3.19. The topological polar surface area (TPSA) is 3.24 Å². The molecule has 8 heavy (non-hydrogen) atoms. The van der Waals surface area contributed by atoms with E-state index in [-0.39, 0.29) is 0 Å². The second-order valence-corrected chi connectivity index (χ2v) is 3.19. The Labute approximate surface area is 50.0 Å². The van der Waals surface area contributed by atoms with Gasteiger partial charge < -0.3 is 4.90 Å². The summed E-state index contributed by atoms with van der Waals surface area (Å²) in [7, 11) is 0. The number of fused-ring (bicyclic) bond motifs is 2. The lowest BCUT2D eigenvalue weighted by atomic mass is 9.91. The van der Waals surface area contributed by atoms with Crippen LogP contribution in [-0.2, 0) is 0 Å². The molecule has 0 saturated carbocycles. The van der Waals surface area contributed by atoms with Crippen LogP contribution in [0.5, 0.6) is 0 Å². The quantitative estimate of drug-likeness (QED) is 0.452. The minimum atomic E-state index is 0.556. The van der Waals surface area contributed by atoms with E-state index in [1.54, 1.807) is 0 Å². The zero-order valence-electron chi connectivity index (χ0n) is 5.22. The van der Waals surface area contributed by atoms with E-state index in [4.69, 9.17) is 0 Å². The lowest BCUT2D eigenvalue weighted by Crippen LogP contribution is -2.10. The summed E-state index contributed by atoms with van der Waals surface area (Å²) in [6.07, 6.45) is 5.92. The molecule has 0 aliphatic carbocycles. The first-order valence-electron chi connectivity index (χ1n) is 3.22. The molecule has 2 heterocycles. The van der Waals surface area contributed by atoms with Crippen molar-refractivity contribution in [3.63, 3.8) is 0 Å². The van der Waals surface area contributed by atoms with Gasteiger partial charge in [0.05, 0.1) is 0 Å². The van der Waals surface area contributed by atoms with Crippen molar-refractivity contribution in [2.24, 2.45) is 5.41 Å². The third kappa shape index (κ3) is 0.417. The third-order valence-corrected chi connectivity index (χ3v) is 2.22. The fourth-order valence-corrected chi connectivity index (χ4v) is 1.57. The highest BCUT2D eigenvalue weighted by molar-refractivity contribution is 5.11. The molecule has 2 aliphatic rings. The summed E-state index contributed by atoms with van der Waals surface area (Å²) in [6, 6.07) is 0.